The van der Waals surface area contributed by atoms with Crippen molar-refractivity contribution in [3.63, 3.8) is 0 Å². The normalized spacial score (nSPS) is 23.0. The number of nitrogens with one attached hydrogen (secondary N) is 2. The third kappa shape index (κ3) is 5.05. The van der Waals surface area contributed by atoms with E-state index >= 15 is 0 Å². The lowest BCUT2D eigenvalue weighted by Crippen LogP contribution is -2.53. The Labute approximate surface area is 127 Å². The van der Waals surface area contributed by atoms with E-state index in [-0.39, 0.29) is 12.1 Å². The van der Waals surface area contributed by atoms with Gasteiger partial charge in [-0.15, -0.1) is 0 Å². The lowest BCUT2D eigenvalue weighted by molar-refractivity contribution is 0.0463. The standard InChI is InChI=1S/C17H26N2O2/c1-12(13-8-6-5-7-9-13)18-14-10-15(11-14)19-16(20)21-17(2,3)4/h5-9,12,14-15,18H,10-11H2,1-4H3,(H,19,20)/t12-,14?,15?/m1/s1. The molecule has 1 saturated carbocycles. The lowest BCUT2D eigenvalue weighted by atomic mass is 9.86. The van der Waals surface area contributed by atoms with Crippen LogP contribution in [0, 0.1) is 0 Å². The number of carbonyl (C=O) groups is 1. The lowest BCUT2D eigenvalue weighted by Gasteiger charge is -2.38. The number of ether oxygens (including phenoxy) is 1. The van der Waals surface area contributed by atoms with Crippen molar-refractivity contribution in [3.8, 4) is 0 Å². The fourth-order valence-corrected chi connectivity index (χ4v) is 2.54. The summed E-state index contributed by atoms with van der Waals surface area (Å²) in [7, 11) is 0. The van der Waals surface area contributed by atoms with Gasteiger partial charge in [0.05, 0.1) is 0 Å². The predicted molar refractivity (Wildman–Crippen MR) is 84.2 cm³/mol. The number of hydrogen-bond donors (Lipinski definition) is 2. The molecule has 0 aromatic heterocycles. The van der Waals surface area contributed by atoms with E-state index in [2.05, 4.69) is 41.8 Å². The van der Waals surface area contributed by atoms with Gasteiger partial charge in [-0.1, -0.05) is 30.3 Å². The summed E-state index contributed by atoms with van der Waals surface area (Å²) >= 11 is 0. The molecule has 4 nitrogen and oxygen atoms in total. The van der Waals surface area contributed by atoms with E-state index in [1.807, 2.05) is 26.8 Å². The van der Waals surface area contributed by atoms with Gasteiger partial charge in [-0.05, 0) is 46.1 Å². The van der Waals surface area contributed by atoms with Gasteiger partial charge in [0.25, 0.3) is 0 Å². The Morgan fingerprint density at radius 1 is 1.19 bits per heavy atom. The second-order valence-corrected chi connectivity index (χ2v) is 6.81. The van der Waals surface area contributed by atoms with Crippen LogP contribution in [-0.2, 0) is 4.74 Å². The summed E-state index contributed by atoms with van der Waals surface area (Å²) in [6.07, 6.45) is 1.59. The molecule has 0 heterocycles. The van der Waals surface area contributed by atoms with Crippen LogP contribution in [-0.4, -0.2) is 23.8 Å². The molecule has 0 radical (unpaired) electrons. The molecule has 1 aliphatic carbocycles. The number of amides is 1. The van der Waals surface area contributed by atoms with Crippen LogP contribution < -0.4 is 10.6 Å². The summed E-state index contributed by atoms with van der Waals surface area (Å²) in [5.41, 5.74) is 0.855. The molecule has 1 amide bonds. The number of hydrogen-bond acceptors (Lipinski definition) is 3. The van der Waals surface area contributed by atoms with Crippen molar-refractivity contribution >= 4 is 6.09 Å². The molecule has 116 valence electrons. The molecule has 0 bridgehead atoms. The zero-order chi connectivity index (χ0) is 15.5. The van der Waals surface area contributed by atoms with Gasteiger partial charge < -0.3 is 15.4 Å². The molecule has 2 rings (SSSR count). The van der Waals surface area contributed by atoms with E-state index in [0.717, 1.165) is 12.8 Å². The van der Waals surface area contributed by atoms with Crippen molar-refractivity contribution in [2.24, 2.45) is 0 Å². The number of carbonyl (C=O) groups excluding carboxylic acids is 1. The Hall–Kier alpha value is -1.55. The maximum absolute atomic E-state index is 11.7. The van der Waals surface area contributed by atoms with E-state index < -0.39 is 5.60 Å². The molecule has 1 aromatic rings. The van der Waals surface area contributed by atoms with Crippen LogP contribution in [0.3, 0.4) is 0 Å². The molecule has 1 aromatic carbocycles. The van der Waals surface area contributed by atoms with Gasteiger partial charge in [0.15, 0.2) is 0 Å². The van der Waals surface area contributed by atoms with E-state index in [9.17, 15) is 4.79 Å². The molecule has 0 saturated heterocycles. The second kappa shape index (κ2) is 6.48. The number of rotatable bonds is 4. The molecule has 21 heavy (non-hydrogen) atoms. The molecular formula is C17H26N2O2. The first kappa shape index (κ1) is 15.8. The van der Waals surface area contributed by atoms with Gasteiger partial charge in [0, 0.05) is 18.1 Å². The summed E-state index contributed by atoms with van der Waals surface area (Å²) in [6, 6.07) is 11.4. The van der Waals surface area contributed by atoms with Crippen LogP contribution in [0.1, 0.15) is 52.1 Å². The van der Waals surface area contributed by atoms with Crippen LogP contribution in [0.15, 0.2) is 30.3 Å². The quantitative estimate of drug-likeness (QED) is 0.893. The summed E-state index contributed by atoms with van der Waals surface area (Å²) in [6.45, 7) is 7.79. The van der Waals surface area contributed by atoms with Crippen molar-refractivity contribution in [2.75, 3.05) is 0 Å². The van der Waals surface area contributed by atoms with Gasteiger partial charge in [-0.3, -0.25) is 0 Å². The minimum atomic E-state index is -0.437. The van der Waals surface area contributed by atoms with E-state index in [1.54, 1.807) is 0 Å². The second-order valence-electron chi connectivity index (χ2n) is 6.81. The van der Waals surface area contributed by atoms with Crippen LogP contribution in [0.4, 0.5) is 4.79 Å². The highest BCUT2D eigenvalue weighted by atomic mass is 16.6. The Morgan fingerprint density at radius 2 is 1.81 bits per heavy atom. The molecule has 4 heteroatoms. The van der Waals surface area contributed by atoms with Crippen LogP contribution in [0.2, 0.25) is 0 Å². The Kier molecular flexibility index (Phi) is 4.88. The fraction of sp³-hybridized carbons (Fsp3) is 0.588. The highest BCUT2D eigenvalue weighted by molar-refractivity contribution is 5.68. The molecule has 0 unspecified atom stereocenters. The first-order valence-electron chi connectivity index (χ1n) is 7.64. The van der Waals surface area contributed by atoms with Crippen LogP contribution in [0.25, 0.3) is 0 Å². The molecular weight excluding hydrogens is 264 g/mol. The van der Waals surface area contributed by atoms with Gasteiger partial charge in [0.1, 0.15) is 5.60 Å². The first-order valence-corrected chi connectivity index (χ1v) is 7.64. The minimum Gasteiger partial charge on any atom is -0.444 e. The third-order valence-corrected chi connectivity index (χ3v) is 3.64. The van der Waals surface area contributed by atoms with Crippen molar-refractivity contribution in [1.82, 2.24) is 10.6 Å². The monoisotopic (exact) mass is 290 g/mol. The summed E-state index contributed by atoms with van der Waals surface area (Å²) in [5, 5.41) is 6.51. The number of benzene rings is 1. The van der Waals surface area contributed by atoms with Crippen molar-refractivity contribution in [1.29, 1.82) is 0 Å². The smallest absolute Gasteiger partial charge is 0.407 e. The first-order chi connectivity index (χ1) is 9.83. The molecule has 1 aliphatic rings. The van der Waals surface area contributed by atoms with Crippen LogP contribution >= 0.6 is 0 Å². The van der Waals surface area contributed by atoms with Gasteiger partial charge in [-0.25, -0.2) is 4.79 Å². The van der Waals surface area contributed by atoms with Crippen molar-refractivity contribution in [2.45, 2.75) is 64.3 Å². The van der Waals surface area contributed by atoms with Crippen molar-refractivity contribution < 1.29 is 9.53 Å². The van der Waals surface area contributed by atoms with Crippen molar-refractivity contribution in [3.05, 3.63) is 35.9 Å². The van der Waals surface area contributed by atoms with Gasteiger partial charge >= 0.3 is 6.09 Å². The highest BCUT2D eigenvalue weighted by Gasteiger charge is 2.32. The van der Waals surface area contributed by atoms with Crippen LogP contribution in [0.5, 0.6) is 0 Å². The molecule has 2 N–H and O–H groups in total. The highest BCUT2D eigenvalue weighted by Crippen LogP contribution is 2.24. The largest absolute Gasteiger partial charge is 0.444 e. The Morgan fingerprint density at radius 3 is 2.38 bits per heavy atom. The minimum absolute atomic E-state index is 0.223. The average molecular weight is 290 g/mol. The maximum atomic E-state index is 11.7. The van der Waals surface area contributed by atoms with Gasteiger partial charge in [0.2, 0.25) is 0 Å². The maximum Gasteiger partial charge on any atom is 0.407 e. The summed E-state index contributed by atoms with van der Waals surface area (Å²) in [5.74, 6) is 0. The SMILES string of the molecule is C[C@@H](NC1CC(NC(=O)OC(C)(C)C)C1)c1ccccc1. The fourth-order valence-electron chi connectivity index (χ4n) is 2.54. The molecule has 0 spiro atoms. The van der Waals surface area contributed by atoms with E-state index in [1.165, 1.54) is 5.56 Å². The number of alkyl carbamates (subject to hydrolysis) is 1. The molecule has 1 atom stereocenters. The summed E-state index contributed by atoms with van der Waals surface area (Å²) in [4.78, 5) is 11.7. The predicted octanol–water partition coefficient (Wildman–Crippen LogP) is 3.39. The Balaban J connectivity index is 1.69. The zero-order valence-electron chi connectivity index (χ0n) is 13.3. The van der Waals surface area contributed by atoms with E-state index in [0.29, 0.717) is 12.1 Å². The Bertz CT molecular complexity index is 461. The molecule has 1 fully saturated rings. The topological polar surface area (TPSA) is 50.4 Å². The zero-order valence-corrected chi connectivity index (χ0v) is 13.3. The third-order valence-electron chi connectivity index (χ3n) is 3.64. The van der Waals surface area contributed by atoms with Gasteiger partial charge in [-0.2, -0.15) is 0 Å². The van der Waals surface area contributed by atoms with E-state index in [4.69, 9.17) is 4.74 Å². The molecule has 0 aliphatic heterocycles. The average Bonchev–Trinajstić information content (AvgIpc) is 2.35. The summed E-state index contributed by atoms with van der Waals surface area (Å²) < 4.78 is 5.26.